The topological polar surface area (TPSA) is 63.2 Å². The van der Waals surface area contributed by atoms with Gasteiger partial charge in [0.2, 0.25) is 0 Å². The molecule has 0 radical (unpaired) electrons. The van der Waals surface area contributed by atoms with E-state index in [1.807, 2.05) is 12.1 Å². The van der Waals surface area contributed by atoms with Gasteiger partial charge in [-0.1, -0.05) is 35.9 Å². The van der Waals surface area contributed by atoms with E-state index in [9.17, 15) is 4.79 Å². The number of pyridine rings is 1. The Morgan fingerprint density at radius 1 is 1.15 bits per heavy atom. The number of amides is 1. The van der Waals surface area contributed by atoms with Gasteiger partial charge in [-0.2, -0.15) is 0 Å². The van der Waals surface area contributed by atoms with Crippen molar-refractivity contribution in [2.45, 2.75) is 13.5 Å². The fourth-order valence-corrected chi connectivity index (χ4v) is 2.77. The van der Waals surface area contributed by atoms with Gasteiger partial charge < -0.3 is 15.4 Å². The van der Waals surface area contributed by atoms with Crippen LogP contribution in [0.25, 0.3) is 0 Å². The molecule has 0 bridgehead atoms. The number of hydrogen-bond acceptors (Lipinski definition) is 4. The summed E-state index contributed by atoms with van der Waals surface area (Å²) in [4.78, 5) is 16.8. The number of methoxy groups -OCH3 is 1. The number of rotatable bonds is 6. The molecule has 1 amide bonds. The van der Waals surface area contributed by atoms with Gasteiger partial charge in [-0.3, -0.25) is 4.79 Å². The lowest BCUT2D eigenvalue weighted by Gasteiger charge is -2.11. The summed E-state index contributed by atoms with van der Waals surface area (Å²) in [5.74, 6) is 0.959. The summed E-state index contributed by atoms with van der Waals surface area (Å²) < 4.78 is 5.24. The van der Waals surface area contributed by atoms with Crippen molar-refractivity contribution in [1.29, 1.82) is 0 Å². The molecule has 0 saturated heterocycles. The summed E-state index contributed by atoms with van der Waals surface area (Å²) in [6.07, 6.45) is 1.53. The van der Waals surface area contributed by atoms with Crippen LogP contribution in [-0.4, -0.2) is 18.0 Å². The minimum absolute atomic E-state index is 0.284. The molecule has 0 aliphatic rings. The minimum atomic E-state index is -0.284. The van der Waals surface area contributed by atoms with E-state index in [4.69, 9.17) is 16.3 Å². The zero-order valence-electron chi connectivity index (χ0n) is 15.1. The van der Waals surface area contributed by atoms with Crippen molar-refractivity contribution in [2.75, 3.05) is 17.7 Å². The van der Waals surface area contributed by atoms with E-state index in [0.717, 1.165) is 0 Å². The molecule has 0 aliphatic carbocycles. The molecule has 0 unspecified atom stereocenters. The molecule has 6 heteroatoms. The van der Waals surface area contributed by atoms with E-state index < -0.39 is 0 Å². The number of nitrogens with one attached hydrogen (secondary N) is 2. The Morgan fingerprint density at radius 3 is 2.67 bits per heavy atom. The zero-order chi connectivity index (χ0) is 19.2. The van der Waals surface area contributed by atoms with E-state index in [0.29, 0.717) is 34.4 Å². The largest absolute Gasteiger partial charge is 0.495 e. The van der Waals surface area contributed by atoms with Gasteiger partial charge in [0, 0.05) is 17.8 Å². The number of hydrogen-bond donors (Lipinski definition) is 2. The first-order valence-corrected chi connectivity index (χ1v) is 8.84. The molecule has 3 rings (SSSR count). The highest BCUT2D eigenvalue weighted by atomic mass is 35.5. The second-order valence-corrected chi connectivity index (χ2v) is 6.45. The Bertz CT molecular complexity index is 942. The van der Waals surface area contributed by atoms with Gasteiger partial charge in [-0.25, -0.2) is 4.98 Å². The molecule has 0 saturated carbocycles. The number of ether oxygens (including phenoxy) is 1. The van der Waals surface area contributed by atoms with Gasteiger partial charge >= 0.3 is 0 Å². The average molecular weight is 382 g/mol. The van der Waals surface area contributed by atoms with Crippen molar-refractivity contribution in [3.05, 3.63) is 82.5 Å². The van der Waals surface area contributed by atoms with Gasteiger partial charge in [-0.05, 0) is 48.4 Å². The van der Waals surface area contributed by atoms with Gasteiger partial charge in [0.25, 0.3) is 5.91 Å². The van der Waals surface area contributed by atoms with Crippen LogP contribution in [0.2, 0.25) is 5.02 Å². The average Bonchev–Trinajstić information content (AvgIpc) is 2.68. The Kier molecular flexibility index (Phi) is 5.94. The normalized spacial score (nSPS) is 10.3. The van der Waals surface area contributed by atoms with Crippen LogP contribution >= 0.6 is 11.6 Å². The van der Waals surface area contributed by atoms with Crippen LogP contribution in [0.1, 0.15) is 21.5 Å². The highest BCUT2D eigenvalue weighted by Crippen LogP contribution is 2.28. The number of carbonyl (C=O) groups is 1. The Balaban J connectivity index is 1.65. The number of aromatic nitrogens is 1. The molecular formula is C21H20ClN3O2. The number of aryl methyl sites for hydroxylation is 1. The van der Waals surface area contributed by atoms with E-state index in [1.165, 1.54) is 24.4 Å². The number of nitrogens with zero attached hydrogens (tertiary/aromatic N) is 1. The van der Waals surface area contributed by atoms with Crippen LogP contribution in [0.3, 0.4) is 0 Å². The molecule has 5 nitrogen and oxygen atoms in total. The number of carbonyl (C=O) groups excluding carboxylic acids is 1. The maximum Gasteiger partial charge on any atom is 0.257 e. The summed E-state index contributed by atoms with van der Waals surface area (Å²) >= 11 is 5.99. The summed E-state index contributed by atoms with van der Waals surface area (Å²) in [7, 11) is 1.54. The summed E-state index contributed by atoms with van der Waals surface area (Å²) in [6, 6.07) is 16.7. The first-order chi connectivity index (χ1) is 13.1. The van der Waals surface area contributed by atoms with Crippen LogP contribution in [0.4, 0.5) is 11.5 Å². The van der Waals surface area contributed by atoms with E-state index in [2.05, 4.69) is 34.7 Å². The molecule has 0 aliphatic heterocycles. The predicted octanol–water partition coefficient (Wildman–Crippen LogP) is 4.92. The van der Waals surface area contributed by atoms with Crippen molar-refractivity contribution < 1.29 is 9.53 Å². The van der Waals surface area contributed by atoms with Crippen molar-refractivity contribution in [3.63, 3.8) is 0 Å². The van der Waals surface area contributed by atoms with Gasteiger partial charge in [0.15, 0.2) is 0 Å². The SMILES string of the molecule is COc1ccc(Cl)cc1NC(=O)c1ccc(NCc2ccccc2C)nc1. The maximum absolute atomic E-state index is 12.5. The fraction of sp³-hybridized carbons (Fsp3) is 0.143. The molecule has 1 heterocycles. The maximum atomic E-state index is 12.5. The van der Waals surface area contributed by atoms with Crippen molar-refractivity contribution >= 4 is 29.0 Å². The van der Waals surface area contributed by atoms with Crippen LogP contribution in [-0.2, 0) is 6.54 Å². The van der Waals surface area contributed by atoms with Crippen molar-refractivity contribution in [1.82, 2.24) is 4.98 Å². The molecular weight excluding hydrogens is 362 g/mol. The van der Waals surface area contributed by atoms with Crippen LogP contribution < -0.4 is 15.4 Å². The molecule has 0 fully saturated rings. The standard InChI is InChI=1S/C21H20ClN3O2/c1-14-5-3-4-6-15(14)12-23-20-10-7-16(13-24-20)21(26)25-18-11-17(22)8-9-19(18)27-2/h3-11,13H,12H2,1-2H3,(H,23,24)(H,25,26). The predicted molar refractivity (Wildman–Crippen MR) is 109 cm³/mol. The second kappa shape index (κ2) is 8.56. The highest BCUT2D eigenvalue weighted by molar-refractivity contribution is 6.31. The molecule has 0 atom stereocenters. The molecule has 2 N–H and O–H groups in total. The quantitative estimate of drug-likeness (QED) is 0.636. The summed E-state index contributed by atoms with van der Waals surface area (Å²) in [5.41, 5.74) is 3.38. The first-order valence-electron chi connectivity index (χ1n) is 8.46. The summed E-state index contributed by atoms with van der Waals surface area (Å²) in [6.45, 7) is 2.74. The third-order valence-corrected chi connectivity index (χ3v) is 4.39. The molecule has 138 valence electrons. The third-order valence-electron chi connectivity index (χ3n) is 4.16. The van der Waals surface area contributed by atoms with Gasteiger partial charge in [-0.15, -0.1) is 0 Å². The molecule has 27 heavy (non-hydrogen) atoms. The van der Waals surface area contributed by atoms with E-state index in [1.54, 1.807) is 30.3 Å². The number of anilines is 2. The van der Waals surface area contributed by atoms with Crippen LogP contribution in [0, 0.1) is 6.92 Å². The Morgan fingerprint density at radius 2 is 1.96 bits per heavy atom. The zero-order valence-corrected chi connectivity index (χ0v) is 15.9. The highest BCUT2D eigenvalue weighted by Gasteiger charge is 2.11. The third kappa shape index (κ3) is 4.77. The molecule has 2 aromatic carbocycles. The second-order valence-electron chi connectivity index (χ2n) is 6.01. The fourth-order valence-electron chi connectivity index (χ4n) is 2.60. The number of benzene rings is 2. The van der Waals surface area contributed by atoms with Crippen molar-refractivity contribution in [2.24, 2.45) is 0 Å². The Labute approximate surface area is 163 Å². The lowest BCUT2D eigenvalue weighted by Crippen LogP contribution is -2.13. The van der Waals surface area contributed by atoms with Crippen LogP contribution in [0.15, 0.2) is 60.8 Å². The van der Waals surface area contributed by atoms with Crippen molar-refractivity contribution in [3.8, 4) is 5.75 Å². The van der Waals surface area contributed by atoms with E-state index >= 15 is 0 Å². The van der Waals surface area contributed by atoms with Crippen LogP contribution in [0.5, 0.6) is 5.75 Å². The first kappa shape index (κ1) is 18.7. The lowest BCUT2D eigenvalue weighted by atomic mass is 10.1. The number of halogens is 1. The molecule has 1 aromatic heterocycles. The van der Waals surface area contributed by atoms with Gasteiger partial charge in [0.05, 0.1) is 18.4 Å². The molecule has 3 aromatic rings. The molecule has 0 spiro atoms. The summed E-state index contributed by atoms with van der Waals surface area (Å²) in [5, 5.41) is 6.57. The monoisotopic (exact) mass is 381 g/mol. The smallest absolute Gasteiger partial charge is 0.257 e. The van der Waals surface area contributed by atoms with E-state index in [-0.39, 0.29) is 5.91 Å². The minimum Gasteiger partial charge on any atom is -0.495 e. The lowest BCUT2D eigenvalue weighted by molar-refractivity contribution is 0.102. The van der Waals surface area contributed by atoms with Gasteiger partial charge in [0.1, 0.15) is 11.6 Å². The Hall–Kier alpha value is -3.05.